The smallest absolute Gasteiger partial charge is 0.335 e. The standard InChI is InChI=1S/C17H17N5O5/c1-9(2)15(22-8-11(19-21-22)4-6-14(23)20-26)16-18-12-5-3-10(17(24)25)7-13(12)27-16/h3-9,15,26H,1-2H3,(H,20,23)(H,24,25). The lowest BCUT2D eigenvalue weighted by Gasteiger charge is -2.16. The Bertz CT molecular complexity index is 1020. The zero-order chi connectivity index (χ0) is 19.6. The van der Waals surface area contributed by atoms with Crippen LogP contribution in [0.2, 0.25) is 0 Å². The summed E-state index contributed by atoms with van der Waals surface area (Å²) in [7, 11) is 0. The topological polar surface area (TPSA) is 143 Å². The first-order valence-corrected chi connectivity index (χ1v) is 8.07. The number of fused-ring (bicyclic) bond motifs is 1. The number of carboxylic acids is 1. The molecule has 3 rings (SSSR count). The molecule has 0 bridgehead atoms. The molecule has 1 amide bonds. The highest BCUT2D eigenvalue weighted by atomic mass is 16.5. The van der Waals surface area contributed by atoms with E-state index in [0.29, 0.717) is 22.7 Å². The number of oxazole rings is 1. The van der Waals surface area contributed by atoms with Crippen LogP contribution >= 0.6 is 0 Å². The maximum absolute atomic E-state index is 11.1. The lowest BCUT2D eigenvalue weighted by atomic mass is 10.0. The van der Waals surface area contributed by atoms with Gasteiger partial charge >= 0.3 is 5.97 Å². The number of carboxylic acid groups (broad SMARTS) is 1. The van der Waals surface area contributed by atoms with Gasteiger partial charge in [0.05, 0.1) is 11.8 Å². The highest BCUT2D eigenvalue weighted by molar-refractivity contribution is 5.91. The summed E-state index contributed by atoms with van der Waals surface area (Å²) in [5.74, 6) is -1.32. The number of aromatic nitrogens is 4. The summed E-state index contributed by atoms with van der Waals surface area (Å²) in [6.45, 7) is 3.91. The summed E-state index contributed by atoms with van der Waals surface area (Å²) >= 11 is 0. The van der Waals surface area contributed by atoms with E-state index in [4.69, 9.17) is 14.7 Å². The first kappa shape index (κ1) is 18.3. The number of rotatable bonds is 6. The van der Waals surface area contributed by atoms with E-state index in [1.807, 2.05) is 13.8 Å². The summed E-state index contributed by atoms with van der Waals surface area (Å²) in [4.78, 5) is 26.6. The third-order valence-electron chi connectivity index (χ3n) is 3.87. The van der Waals surface area contributed by atoms with Crippen molar-refractivity contribution in [3.05, 3.63) is 47.6 Å². The molecular weight excluding hydrogens is 354 g/mol. The van der Waals surface area contributed by atoms with Crippen molar-refractivity contribution >= 4 is 29.1 Å². The lowest BCUT2D eigenvalue weighted by molar-refractivity contribution is -0.124. The molecule has 27 heavy (non-hydrogen) atoms. The molecule has 0 aliphatic heterocycles. The number of aromatic carboxylic acids is 1. The van der Waals surface area contributed by atoms with Gasteiger partial charge in [0.2, 0.25) is 5.89 Å². The van der Waals surface area contributed by atoms with Crippen molar-refractivity contribution in [2.75, 3.05) is 0 Å². The largest absolute Gasteiger partial charge is 0.478 e. The van der Waals surface area contributed by atoms with E-state index >= 15 is 0 Å². The maximum atomic E-state index is 11.1. The van der Waals surface area contributed by atoms with Crippen LogP contribution in [-0.4, -0.2) is 42.2 Å². The quantitative estimate of drug-likeness (QED) is 0.338. The summed E-state index contributed by atoms with van der Waals surface area (Å²) in [5.41, 5.74) is 2.92. The van der Waals surface area contributed by atoms with Crippen LogP contribution in [0, 0.1) is 5.92 Å². The zero-order valence-corrected chi connectivity index (χ0v) is 14.5. The first-order valence-electron chi connectivity index (χ1n) is 8.07. The molecule has 3 N–H and O–H groups in total. The molecule has 10 nitrogen and oxygen atoms in total. The van der Waals surface area contributed by atoms with Crippen molar-refractivity contribution < 1.29 is 24.3 Å². The molecule has 3 aromatic rings. The molecule has 1 unspecified atom stereocenters. The highest BCUT2D eigenvalue weighted by Gasteiger charge is 2.25. The van der Waals surface area contributed by atoms with Crippen LogP contribution in [0.4, 0.5) is 0 Å². The summed E-state index contributed by atoms with van der Waals surface area (Å²) in [5, 5.41) is 25.6. The third-order valence-corrected chi connectivity index (χ3v) is 3.87. The normalized spacial score (nSPS) is 12.7. The van der Waals surface area contributed by atoms with Crippen molar-refractivity contribution in [3.63, 3.8) is 0 Å². The Labute approximate surface area is 153 Å². The lowest BCUT2D eigenvalue weighted by Crippen LogP contribution is -2.17. The fourth-order valence-electron chi connectivity index (χ4n) is 2.61. The van der Waals surface area contributed by atoms with Crippen LogP contribution in [0.15, 0.2) is 34.9 Å². The van der Waals surface area contributed by atoms with Crippen molar-refractivity contribution in [3.8, 4) is 0 Å². The Kier molecular flexibility index (Phi) is 4.99. The summed E-state index contributed by atoms with van der Waals surface area (Å²) in [6, 6.07) is 4.10. The molecule has 0 spiro atoms. The molecule has 0 saturated carbocycles. The molecule has 0 aliphatic rings. The van der Waals surface area contributed by atoms with Gasteiger partial charge in [-0.15, -0.1) is 5.10 Å². The summed E-state index contributed by atoms with van der Waals surface area (Å²) in [6.07, 6.45) is 4.13. The van der Waals surface area contributed by atoms with E-state index in [1.54, 1.807) is 16.9 Å². The number of nitrogens with zero attached hydrogens (tertiary/aromatic N) is 4. The fraction of sp³-hybridized carbons (Fsp3) is 0.235. The average molecular weight is 371 g/mol. The fourth-order valence-corrected chi connectivity index (χ4v) is 2.61. The van der Waals surface area contributed by atoms with E-state index in [0.717, 1.165) is 6.08 Å². The van der Waals surface area contributed by atoms with Gasteiger partial charge < -0.3 is 9.52 Å². The third kappa shape index (κ3) is 3.85. The van der Waals surface area contributed by atoms with Crippen LogP contribution in [0.5, 0.6) is 0 Å². The number of carbonyl (C=O) groups excluding carboxylic acids is 1. The first-order chi connectivity index (χ1) is 12.9. The van der Waals surface area contributed by atoms with Gasteiger partial charge in [0.1, 0.15) is 17.3 Å². The minimum Gasteiger partial charge on any atom is -0.478 e. The van der Waals surface area contributed by atoms with Crippen molar-refractivity contribution in [2.45, 2.75) is 19.9 Å². The second-order valence-electron chi connectivity index (χ2n) is 6.16. The molecule has 2 aromatic heterocycles. The van der Waals surface area contributed by atoms with E-state index < -0.39 is 11.9 Å². The van der Waals surface area contributed by atoms with Crippen LogP contribution in [0.3, 0.4) is 0 Å². The Morgan fingerprint density at radius 1 is 1.33 bits per heavy atom. The van der Waals surface area contributed by atoms with E-state index in [-0.39, 0.29) is 17.5 Å². The van der Waals surface area contributed by atoms with E-state index in [1.165, 1.54) is 23.7 Å². The van der Waals surface area contributed by atoms with E-state index in [9.17, 15) is 9.59 Å². The average Bonchev–Trinajstić information content (AvgIpc) is 3.25. The van der Waals surface area contributed by atoms with E-state index in [2.05, 4.69) is 15.3 Å². The number of benzene rings is 1. The van der Waals surface area contributed by atoms with Gasteiger partial charge in [-0.25, -0.2) is 19.9 Å². The van der Waals surface area contributed by atoms with Gasteiger partial charge in [0, 0.05) is 6.08 Å². The summed E-state index contributed by atoms with van der Waals surface area (Å²) < 4.78 is 7.34. The monoisotopic (exact) mass is 371 g/mol. The Morgan fingerprint density at radius 2 is 2.11 bits per heavy atom. The molecule has 10 heteroatoms. The Morgan fingerprint density at radius 3 is 2.78 bits per heavy atom. The van der Waals surface area contributed by atoms with Gasteiger partial charge in [-0.05, 0) is 30.2 Å². The molecular formula is C17H17N5O5. The predicted octanol–water partition coefficient (Wildman–Crippen LogP) is 1.88. The number of hydrogen-bond donors (Lipinski definition) is 3. The van der Waals surface area contributed by atoms with Gasteiger partial charge in [0.25, 0.3) is 5.91 Å². The molecule has 1 atom stereocenters. The van der Waals surface area contributed by atoms with Crippen LogP contribution < -0.4 is 5.48 Å². The minimum absolute atomic E-state index is 0.0382. The van der Waals surface area contributed by atoms with Crippen molar-refractivity contribution in [1.29, 1.82) is 0 Å². The second kappa shape index (κ2) is 7.38. The molecule has 0 fully saturated rings. The number of hydrogen-bond acceptors (Lipinski definition) is 7. The molecule has 0 saturated heterocycles. The second-order valence-corrected chi connectivity index (χ2v) is 6.16. The SMILES string of the molecule is CC(C)C(c1nc2ccc(C(=O)O)cc2o1)n1cc(C=CC(=O)NO)nn1. The molecule has 0 radical (unpaired) electrons. The number of hydroxylamine groups is 1. The molecule has 2 heterocycles. The minimum atomic E-state index is -1.05. The van der Waals surface area contributed by atoms with Crippen LogP contribution in [0.1, 0.15) is 41.8 Å². The maximum Gasteiger partial charge on any atom is 0.335 e. The number of nitrogens with one attached hydrogen (secondary N) is 1. The number of amides is 1. The van der Waals surface area contributed by atoms with Crippen LogP contribution in [-0.2, 0) is 4.79 Å². The van der Waals surface area contributed by atoms with Gasteiger partial charge in [-0.1, -0.05) is 19.1 Å². The molecule has 0 aliphatic carbocycles. The predicted molar refractivity (Wildman–Crippen MR) is 92.9 cm³/mol. The van der Waals surface area contributed by atoms with Crippen LogP contribution in [0.25, 0.3) is 17.2 Å². The zero-order valence-electron chi connectivity index (χ0n) is 14.5. The number of carbonyl (C=O) groups is 2. The van der Waals surface area contributed by atoms with Gasteiger partial charge in [0.15, 0.2) is 5.58 Å². The van der Waals surface area contributed by atoms with Gasteiger partial charge in [-0.3, -0.25) is 10.0 Å². The van der Waals surface area contributed by atoms with Gasteiger partial charge in [-0.2, -0.15) is 0 Å². The van der Waals surface area contributed by atoms with Crippen molar-refractivity contribution in [1.82, 2.24) is 25.5 Å². The van der Waals surface area contributed by atoms with Crippen molar-refractivity contribution in [2.24, 2.45) is 5.92 Å². The Hall–Kier alpha value is -3.53. The molecule has 1 aromatic carbocycles. The Balaban J connectivity index is 1.95. The highest BCUT2D eigenvalue weighted by Crippen LogP contribution is 2.29. The molecule has 140 valence electrons.